The van der Waals surface area contributed by atoms with E-state index in [4.69, 9.17) is 4.74 Å². The third kappa shape index (κ3) is 4.85. The van der Waals surface area contributed by atoms with Crippen LogP contribution in [0.25, 0.3) is 0 Å². The Labute approximate surface area is 155 Å². The summed E-state index contributed by atoms with van der Waals surface area (Å²) in [4.78, 5) is 28.8. The maximum absolute atomic E-state index is 13.1. The number of anilines is 1. The molecular weight excluding hydrogens is 328 g/mol. The van der Waals surface area contributed by atoms with Gasteiger partial charge in [0.25, 0.3) is 5.91 Å². The highest BCUT2D eigenvalue weighted by atomic mass is 16.5. The highest BCUT2D eigenvalue weighted by molar-refractivity contribution is 5.97. The molecule has 2 aromatic rings. The van der Waals surface area contributed by atoms with E-state index in [9.17, 15) is 9.59 Å². The van der Waals surface area contributed by atoms with Crippen LogP contribution in [0.15, 0.2) is 54.6 Å². The summed E-state index contributed by atoms with van der Waals surface area (Å²) >= 11 is 0. The molecule has 0 N–H and O–H groups in total. The number of esters is 1. The molecule has 2 aromatic carbocycles. The molecule has 0 saturated heterocycles. The van der Waals surface area contributed by atoms with E-state index >= 15 is 0 Å². The Kier molecular flexibility index (Phi) is 6.78. The highest BCUT2D eigenvalue weighted by Gasteiger charge is 2.28. The Hall–Kier alpha value is -2.82. The number of carbonyl (C=O) groups excluding carboxylic acids is 2. The Morgan fingerprint density at radius 2 is 1.62 bits per heavy atom. The van der Waals surface area contributed by atoms with E-state index in [2.05, 4.69) is 0 Å². The van der Waals surface area contributed by atoms with Gasteiger partial charge in [-0.25, -0.2) is 4.79 Å². The second-order valence-electron chi connectivity index (χ2n) is 6.29. The monoisotopic (exact) mass is 354 g/mol. The van der Waals surface area contributed by atoms with Gasteiger partial charge in [-0.1, -0.05) is 30.3 Å². The maximum atomic E-state index is 13.1. The van der Waals surface area contributed by atoms with Gasteiger partial charge < -0.3 is 14.5 Å². The molecule has 1 unspecified atom stereocenters. The largest absolute Gasteiger partial charge is 0.464 e. The van der Waals surface area contributed by atoms with Crippen molar-refractivity contribution in [1.29, 1.82) is 0 Å². The van der Waals surface area contributed by atoms with Gasteiger partial charge in [-0.05, 0) is 43.7 Å². The molecule has 5 heteroatoms. The van der Waals surface area contributed by atoms with Gasteiger partial charge in [-0.15, -0.1) is 0 Å². The number of benzene rings is 2. The first kappa shape index (κ1) is 19.5. The molecule has 0 saturated carbocycles. The molecule has 0 aromatic heterocycles. The lowest BCUT2D eigenvalue weighted by Gasteiger charge is -2.28. The van der Waals surface area contributed by atoms with Gasteiger partial charge >= 0.3 is 5.97 Å². The average Bonchev–Trinajstić information content (AvgIpc) is 2.66. The first-order valence-corrected chi connectivity index (χ1v) is 8.73. The van der Waals surface area contributed by atoms with Crippen LogP contribution in [0.1, 0.15) is 29.8 Å². The number of rotatable bonds is 7. The third-order valence-corrected chi connectivity index (χ3v) is 4.18. The molecule has 0 aliphatic carbocycles. The van der Waals surface area contributed by atoms with Crippen molar-refractivity contribution in [2.75, 3.05) is 25.6 Å². The van der Waals surface area contributed by atoms with Crippen molar-refractivity contribution < 1.29 is 14.3 Å². The van der Waals surface area contributed by atoms with Crippen LogP contribution in [0.4, 0.5) is 5.69 Å². The topological polar surface area (TPSA) is 49.9 Å². The first-order chi connectivity index (χ1) is 12.4. The fourth-order valence-corrected chi connectivity index (χ4v) is 2.62. The van der Waals surface area contributed by atoms with Crippen LogP contribution in [0.2, 0.25) is 0 Å². The molecule has 2 rings (SSSR count). The van der Waals surface area contributed by atoms with E-state index in [1.807, 2.05) is 61.5 Å². The Bertz CT molecular complexity index is 727. The summed E-state index contributed by atoms with van der Waals surface area (Å²) in [6.45, 7) is 4.09. The van der Waals surface area contributed by atoms with Crippen LogP contribution in [-0.2, 0) is 16.1 Å². The minimum atomic E-state index is -0.670. The number of carbonyl (C=O) groups is 2. The number of hydrogen-bond donors (Lipinski definition) is 0. The van der Waals surface area contributed by atoms with Crippen LogP contribution in [0.3, 0.4) is 0 Å². The lowest BCUT2D eigenvalue weighted by atomic mass is 10.1. The molecule has 0 fully saturated rings. The molecule has 5 nitrogen and oxygen atoms in total. The quantitative estimate of drug-likeness (QED) is 0.716. The van der Waals surface area contributed by atoms with Crippen molar-refractivity contribution in [2.45, 2.75) is 26.4 Å². The highest BCUT2D eigenvalue weighted by Crippen LogP contribution is 2.17. The van der Waals surface area contributed by atoms with Gasteiger partial charge in [0.05, 0.1) is 6.61 Å². The van der Waals surface area contributed by atoms with E-state index in [1.54, 1.807) is 30.9 Å². The van der Waals surface area contributed by atoms with E-state index in [-0.39, 0.29) is 12.5 Å². The minimum Gasteiger partial charge on any atom is -0.464 e. The number of amides is 1. The summed E-state index contributed by atoms with van der Waals surface area (Å²) in [7, 11) is 3.89. The average molecular weight is 354 g/mol. The van der Waals surface area contributed by atoms with Crippen molar-refractivity contribution in [2.24, 2.45) is 0 Å². The van der Waals surface area contributed by atoms with Crippen LogP contribution in [0.5, 0.6) is 0 Å². The molecule has 1 amide bonds. The van der Waals surface area contributed by atoms with Crippen LogP contribution in [0, 0.1) is 0 Å². The zero-order valence-electron chi connectivity index (χ0n) is 15.8. The summed E-state index contributed by atoms with van der Waals surface area (Å²) in [5.41, 5.74) is 2.51. The molecule has 0 radical (unpaired) electrons. The van der Waals surface area contributed by atoms with Gasteiger partial charge in [0.15, 0.2) is 0 Å². The van der Waals surface area contributed by atoms with Crippen LogP contribution >= 0.6 is 0 Å². The summed E-state index contributed by atoms with van der Waals surface area (Å²) in [5, 5.41) is 0. The second kappa shape index (κ2) is 9.04. The van der Waals surface area contributed by atoms with Crippen molar-refractivity contribution in [3.8, 4) is 0 Å². The summed E-state index contributed by atoms with van der Waals surface area (Å²) in [6, 6.07) is 16.3. The van der Waals surface area contributed by atoms with Crippen molar-refractivity contribution in [3.63, 3.8) is 0 Å². The van der Waals surface area contributed by atoms with E-state index < -0.39 is 12.0 Å². The zero-order chi connectivity index (χ0) is 19.1. The Morgan fingerprint density at radius 1 is 1.00 bits per heavy atom. The molecular formula is C21H26N2O3. The standard InChI is InChI=1S/C21H26N2O3/c1-5-26-21(25)16(2)23(15-17-9-7-6-8-10-17)20(24)18-11-13-19(14-12-18)22(3)4/h6-14,16H,5,15H2,1-4H3. The summed E-state index contributed by atoms with van der Waals surface area (Å²) < 4.78 is 5.12. The van der Waals surface area contributed by atoms with Crippen molar-refractivity contribution in [1.82, 2.24) is 4.90 Å². The van der Waals surface area contributed by atoms with E-state index in [1.165, 1.54) is 0 Å². The normalized spacial score (nSPS) is 11.5. The van der Waals surface area contributed by atoms with Crippen LogP contribution in [-0.4, -0.2) is 43.5 Å². The summed E-state index contributed by atoms with van der Waals surface area (Å²) in [5.74, 6) is -0.596. The fraction of sp³-hybridized carbons (Fsp3) is 0.333. The van der Waals surface area contributed by atoms with Crippen LogP contribution < -0.4 is 4.90 Å². The summed E-state index contributed by atoms with van der Waals surface area (Å²) in [6.07, 6.45) is 0. The smallest absolute Gasteiger partial charge is 0.328 e. The van der Waals surface area contributed by atoms with Crippen molar-refractivity contribution in [3.05, 3.63) is 65.7 Å². The molecule has 138 valence electrons. The number of ether oxygens (including phenoxy) is 1. The predicted octanol–water partition coefficient (Wildman–Crippen LogP) is 3.35. The molecule has 0 aliphatic heterocycles. The lowest BCUT2D eigenvalue weighted by Crippen LogP contribution is -2.43. The number of hydrogen-bond acceptors (Lipinski definition) is 4. The van der Waals surface area contributed by atoms with Gasteiger partial charge in [0.1, 0.15) is 6.04 Å². The lowest BCUT2D eigenvalue weighted by molar-refractivity contribution is -0.148. The van der Waals surface area contributed by atoms with Gasteiger partial charge in [-0.2, -0.15) is 0 Å². The van der Waals surface area contributed by atoms with Gasteiger partial charge in [-0.3, -0.25) is 4.79 Å². The molecule has 26 heavy (non-hydrogen) atoms. The van der Waals surface area contributed by atoms with E-state index in [0.717, 1.165) is 11.3 Å². The minimum absolute atomic E-state index is 0.195. The SMILES string of the molecule is CCOC(=O)C(C)N(Cc1ccccc1)C(=O)c1ccc(N(C)C)cc1. The third-order valence-electron chi connectivity index (χ3n) is 4.18. The first-order valence-electron chi connectivity index (χ1n) is 8.73. The second-order valence-corrected chi connectivity index (χ2v) is 6.29. The molecule has 0 bridgehead atoms. The predicted molar refractivity (Wildman–Crippen MR) is 103 cm³/mol. The number of nitrogens with zero attached hydrogens (tertiary/aromatic N) is 2. The van der Waals surface area contributed by atoms with Gasteiger partial charge in [0, 0.05) is 31.9 Å². The Balaban J connectivity index is 2.29. The molecule has 1 atom stereocenters. The molecule has 0 spiro atoms. The molecule has 0 heterocycles. The van der Waals surface area contributed by atoms with Gasteiger partial charge in [0.2, 0.25) is 0 Å². The van der Waals surface area contributed by atoms with Crippen molar-refractivity contribution >= 4 is 17.6 Å². The van der Waals surface area contributed by atoms with E-state index in [0.29, 0.717) is 12.1 Å². The fourth-order valence-electron chi connectivity index (χ4n) is 2.62. The maximum Gasteiger partial charge on any atom is 0.328 e. The Morgan fingerprint density at radius 3 is 2.15 bits per heavy atom. The zero-order valence-corrected chi connectivity index (χ0v) is 15.8. The molecule has 0 aliphatic rings.